The van der Waals surface area contributed by atoms with Gasteiger partial charge in [0, 0.05) is 45.2 Å². The van der Waals surface area contributed by atoms with Crippen molar-refractivity contribution in [1.29, 1.82) is 0 Å². The van der Waals surface area contributed by atoms with Crippen LogP contribution < -0.4 is 0 Å². The number of nitrogens with zero attached hydrogens (tertiary/aromatic N) is 4. The second-order valence-corrected chi connectivity index (χ2v) is 5.39. The first-order valence-electron chi connectivity index (χ1n) is 6.79. The zero-order valence-electron chi connectivity index (χ0n) is 12.5. The zero-order chi connectivity index (χ0) is 14.7. The second kappa shape index (κ2) is 6.28. The molecule has 1 aliphatic heterocycles. The summed E-state index contributed by atoms with van der Waals surface area (Å²) >= 11 is 0. The lowest BCUT2D eigenvalue weighted by molar-refractivity contribution is 0.0748. The Bertz CT molecular complexity index is 480. The lowest BCUT2D eigenvalue weighted by Crippen LogP contribution is -2.40. The molecular formula is C14H22N4O2. The average Bonchev–Trinajstić information content (AvgIpc) is 2.78. The van der Waals surface area contributed by atoms with Crippen molar-refractivity contribution in [2.75, 3.05) is 34.3 Å². The van der Waals surface area contributed by atoms with E-state index in [0.717, 1.165) is 18.7 Å². The summed E-state index contributed by atoms with van der Waals surface area (Å²) in [6.07, 6.45) is 2.81. The van der Waals surface area contributed by atoms with E-state index in [4.69, 9.17) is 4.74 Å². The largest absolute Gasteiger partial charge is 0.380 e. The van der Waals surface area contributed by atoms with Gasteiger partial charge in [0.1, 0.15) is 0 Å². The van der Waals surface area contributed by atoms with Crippen molar-refractivity contribution >= 4 is 5.91 Å². The van der Waals surface area contributed by atoms with Gasteiger partial charge in [0.25, 0.3) is 5.91 Å². The van der Waals surface area contributed by atoms with Gasteiger partial charge in [-0.15, -0.1) is 0 Å². The molecule has 20 heavy (non-hydrogen) atoms. The van der Waals surface area contributed by atoms with Crippen LogP contribution in [0.15, 0.2) is 12.3 Å². The molecule has 1 saturated heterocycles. The van der Waals surface area contributed by atoms with Gasteiger partial charge < -0.3 is 9.64 Å². The van der Waals surface area contributed by atoms with E-state index in [1.54, 1.807) is 31.3 Å². The maximum atomic E-state index is 12.3. The summed E-state index contributed by atoms with van der Waals surface area (Å²) in [5.74, 6) is 0.124. The molecule has 0 N–H and O–H groups in total. The summed E-state index contributed by atoms with van der Waals surface area (Å²) in [4.78, 5) is 24.4. The number of carbonyl (C=O) groups is 1. The predicted molar refractivity (Wildman–Crippen MR) is 75.6 cm³/mol. The molecule has 2 heterocycles. The van der Waals surface area contributed by atoms with Gasteiger partial charge in [-0.05, 0) is 26.5 Å². The molecule has 0 radical (unpaired) electrons. The number of carbonyl (C=O) groups excluding carboxylic acids is 1. The highest BCUT2D eigenvalue weighted by molar-refractivity contribution is 5.90. The Hall–Kier alpha value is -1.53. The summed E-state index contributed by atoms with van der Waals surface area (Å²) < 4.78 is 5.38. The van der Waals surface area contributed by atoms with Gasteiger partial charge in [0.2, 0.25) is 5.82 Å². The molecule has 0 unspecified atom stereocenters. The van der Waals surface area contributed by atoms with Gasteiger partial charge in [0.05, 0.1) is 6.10 Å². The number of ether oxygens (including phenoxy) is 1. The number of likely N-dealkylation sites (tertiary alicyclic amines) is 1. The van der Waals surface area contributed by atoms with Crippen molar-refractivity contribution in [3.8, 4) is 0 Å². The number of likely N-dealkylation sites (N-methyl/N-ethyl adjacent to an activating group) is 2. The monoisotopic (exact) mass is 278 g/mol. The lowest BCUT2D eigenvalue weighted by Gasteiger charge is -2.25. The highest BCUT2D eigenvalue weighted by atomic mass is 16.5. The van der Waals surface area contributed by atoms with Gasteiger partial charge in [0.15, 0.2) is 0 Å². The molecule has 1 aromatic heterocycles. The SMILES string of the molecule is CO[C@H]1C[C@@H](CN(C)C(=O)c2nccc(C)n2)N(C)C1. The average molecular weight is 278 g/mol. The maximum Gasteiger partial charge on any atom is 0.291 e. The van der Waals surface area contributed by atoms with Crippen LogP contribution in [0.4, 0.5) is 0 Å². The minimum absolute atomic E-state index is 0.136. The Morgan fingerprint density at radius 1 is 1.60 bits per heavy atom. The molecular weight excluding hydrogens is 256 g/mol. The molecule has 0 aliphatic carbocycles. The number of aromatic nitrogens is 2. The highest BCUT2D eigenvalue weighted by Crippen LogP contribution is 2.19. The van der Waals surface area contributed by atoms with Crippen LogP contribution in [0.2, 0.25) is 0 Å². The molecule has 6 heteroatoms. The summed E-state index contributed by atoms with van der Waals surface area (Å²) in [6.45, 7) is 3.42. The van der Waals surface area contributed by atoms with Crippen LogP contribution in [0.1, 0.15) is 22.7 Å². The Morgan fingerprint density at radius 2 is 2.35 bits per heavy atom. The van der Waals surface area contributed by atoms with Crippen LogP contribution in [-0.4, -0.2) is 72.1 Å². The Balaban J connectivity index is 1.98. The molecule has 0 spiro atoms. The van der Waals surface area contributed by atoms with E-state index < -0.39 is 0 Å². The van der Waals surface area contributed by atoms with Crippen molar-refractivity contribution in [2.45, 2.75) is 25.5 Å². The Morgan fingerprint density at radius 3 is 2.95 bits per heavy atom. The van der Waals surface area contributed by atoms with Crippen molar-refractivity contribution in [1.82, 2.24) is 19.8 Å². The van der Waals surface area contributed by atoms with Crippen LogP contribution in [0.5, 0.6) is 0 Å². The van der Waals surface area contributed by atoms with E-state index in [2.05, 4.69) is 21.9 Å². The minimum atomic E-state index is -0.136. The third-order valence-electron chi connectivity index (χ3n) is 3.80. The number of aryl methyl sites for hydroxylation is 1. The fourth-order valence-electron chi connectivity index (χ4n) is 2.53. The number of rotatable bonds is 4. The van der Waals surface area contributed by atoms with Gasteiger partial charge >= 0.3 is 0 Å². The van der Waals surface area contributed by atoms with Crippen LogP contribution >= 0.6 is 0 Å². The van der Waals surface area contributed by atoms with Crippen molar-refractivity contribution < 1.29 is 9.53 Å². The van der Waals surface area contributed by atoms with E-state index in [-0.39, 0.29) is 17.8 Å². The number of amides is 1. The summed E-state index contributed by atoms with van der Waals surface area (Å²) in [7, 11) is 5.59. The molecule has 1 fully saturated rings. The van der Waals surface area contributed by atoms with Crippen LogP contribution in [0.3, 0.4) is 0 Å². The standard InChI is InChI=1S/C14H22N4O2/c1-10-5-6-15-13(16-10)14(19)18(3)8-11-7-12(20-4)9-17(11)2/h5-6,11-12H,7-9H2,1-4H3/t11-,12-/m0/s1. The highest BCUT2D eigenvalue weighted by Gasteiger charge is 2.31. The zero-order valence-corrected chi connectivity index (χ0v) is 12.5. The molecule has 2 atom stereocenters. The Kier molecular flexibility index (Phi) is 4.67. The minimum Gasteiger partial charge on any atom is -0.380 e. The number of hydrogen-bond acceptors (Lipinski definition) is 5. The normalized spacial score (nSPS) is 23.0. The molecule has 0 aromatic carbocycles. The summed E-state index contributed by atoms with van der Waals surface area (Å²) in [5, 5.41) is 0. The molecule has 1 aromatic rings. The third kappa shape index (κ3) is 3.32. The topological polar surface area (TPSA) is 58.6 Å². The number of hydrogen-bond donors (Lipinski definition) is 0. The molecule has 1 amide bonds. The van der Waals surface area contributed by atoms with E-state index in [9.17, 15) is 4.79 Å². The first-order valence-corrected chi connectivity index (χ1v) is 6.79. The molecule has 1 aliphatic rings. The second-order valence-electron chi connectivity index (χ2n) is 5.39. The third-order valence-corrected chi connectivity index (χ3v) is 3.80. The molecule has 110 valence electrons. The molecule has 2 rings (SSSR count). The number of methoxy groups -OCH3 is 1. The van der Waals surface area contributed by atoms with Crippen LogP contribution in [0.25, 0.3) is 0 Å². The lowest BCUT2D eigenvalue weighted by atomic mass is 10.2. The van der Waals surface area contributed by atoms with Crippen molar-refractivity contribution in [2.24, 2.45) is 0 Å². The van der Waals surface area contributed by atoms with Gasteiger partial charge in [-0.2, -0.15) is 0 Å². The van der Waals surface area contributed by atoms with Crippen LogP contribution in [0, 0.1) is 6.92 Å². The molecule has 0 saturated carbocycles. The van der Waals surface area contributed by atoms with Gasteiger partial charge in [-0.3, -0.25) is 9.69 Å². The molecule has 0 bridgehead atoms. The summed E-state index contributed by atoms with van der Waals surface area (Å²) in [6, 6.07) is 2.10. The predicted octanol–water partition coefficient (Wildman–Crippen LogP) is 0.576. The smallest absolute Gasteiger partial charge is 0.291 e. The fraction of sp³-hybridized carbons (Fsp3) is 0.643. The maximum absolute atomic E-state index is 12.3. The first-order chi connectivity index (χ1) is 9.51. The van der Waals surface area contributed by atoms with E-state index >= 15 is 0 Å². The van der Waals surface area contributed by atoms with E-state index in [0.29, 0.717) is 12.6 Å². The molecule has 6 nitrogen and oxygen atoms in total. The van der Waals surface area contributed by atoms with Gasteiger partial charge in [-0.25, -0.2) is 9.97 Å². The van der Waals surface area contributed by atoms with Gasteiger partial charge in [-0.1, -0.05) is 0 Å². The van der Waals surface area contributed by atoms with Crippen molar-refractivity contribution in [3.05, 3.63) is 23.8 Å². The van der Waals surface area contributed by atoms with Crippen molar-refractivity contribution in [3.63, 3.8) is 0 Å². The quantitative estimate of drug-likeness (QED) is 0.806. The van der Waals surface area contributed by atoms with E-state index in [1.807, 2.05) is 6.92 Å². The first kappa shape index (κ1) is 14.9. The van der Waals surface area contributed by atoms with Crippen LogP contribution in [-0.2, 0) is 4.74 Å². The Labute approximate surface area is 119 Å². The fourth-order valence-corrected chi connectivity index (χ4v) is 2.53. The summed E-state index contributed by atoms with van der Waals surface area (Å²) in [5.41, 5.74) is 0.800. The van der Waals surface area contributed by atoms with E-state index in [1.165, 1.54) is 0 Å².